The van der Waals surface area contributed by atoms with Gasteiger partial charge in [-0.25, -0.2) is 0 Å². The molecule has 0 aromatic carbocycles. The van der Waals surface area contributed by atoms with Crippen LogP contribution in [0.2, 0.25) is 8.87 Å². The summed E-state index contributed by atoms with van der Waals surface area (Å²) in [4.78, 5) is 0. The topological polar surface area (TPSA) is 0 Å². The van der Waals surface area contributed by atoms with Crippen LogP contribution in [-0.2, 0) is 0 Å². The molecule has 98 valence electrons. The molecule has 2 heteroatoms. The van der Waals surface area contributed by atoms with Gasteiger partial charge in [0.25, 0.3) is 0 Å². The Morgan fingerprint density at radius 1 is 0.889 bits per heavy atom. The van der Waals surface area contributed by atoms with E-state index in [4.69, 9.17) is 0 Å². The summed E-state index contributed by atoms with van der Waals surface area (Å²) in [6, 6.07) is 0. The summed E-state index contributed by atoms with van der Waals surface area (Å²) in [6.45, 7) is 4.64. The van der Waals surface area contributed by atoms with Crippen molar-refractivity contribution in [2.75, 3.05) is 0 Å². The fourth-order valence-electron chi connectivity index (χ4n) is 2.62. The normalized spacial score (nSPS) is 16.6. The molecule has 2 heterocycles. The molecule has 0 atom stereocenters. The maximum atomic E-state index is 2.68. The molecule has 0 unspecified atom stereocenters. The number of rotatable bonds is 6. The monoisotopic (exact) mass is 368 g/mol. The van der Waals surface area contributed by atoms with Crippen molar-refractivity contribution in [3.05, 3.63) is 30.1 Å². The van der Waals surface area contributed by atoms with E-state index < -0.39 is 18.4 Å². The average Bonchev–Trinajstić information content (AvgIpc) is 2.78. The molecule has 1 aliphatic rings. The van der Waals surface area contributed by atoms with E-state index in [0.717, 1.165) is 0 Å². The van der Waals surface area contributed by atoms with Crippen LogP contribution in [0.15, 0.2) is 18.9 Å². The van der Waals surface area contributed by atoms with E-state index >= 15 is 0 Å². The van der Waals surface area contributed by atoms with Gasteiger partial charge in [0.05, 0.1) is 0 Å². The first-order chi connectivity index (χ1) is 8.79. The van der Waals surface area contributed by atoms with Crippen molar-refractivity contribution in [1.82, 2.24) is 0 Å². The molecule has 0 aliphatic carbocycles. The zero-order valence-electron chi connectivity index (χ0n) is 11.6. The zero-order chi connectivity index (χ0) is 12.8. The van der Waals surface area contributed by atoms with Gasteiger partial charge in [-0.15, -0.1) is 0 Å². The van der Waals surface area contributed by atoms with Gasteiger partial charge in [-0.3, -0.25) is 0 Å². The number of hydrogen-bond acceptors (Lipinski definition) is 1. The molecule has 0 N–H and O–H groups in total. The van der Waals surface area contributed by atoms with Crippen molar-refractivity contribution in [3.8, 4) is 0 Å². The van der Waals surface area contributed by atoms with Gasteiger partial charge in [0.1, 0.15) is 0 Å². The molecule has 2 rings (SSSR count). The Bertz CT molecular complexity index is 390. The van der Waals surface area contributed by atoms with Crippen molar-refractivity contribution in [2.45, 2.75) is 48.4 Å². The number of unbranched alkanes of at least 4 members (excludes halogenated alkanes) is 2. The van der Waals surface area contributed by atoms with E-state index in [1.165, 1.54) is 45.7 Å². The first kappa shape index (κ1) is 14.4. The third kappa shape index (κ3) is 3.51. The van der Waals surface area contributed by atoms with E-state index in [2.05, 4.69) is 44.9 Å². The first-order valence-electron chi connectivity index (χ1n) is 7.24. The summed E-state index contributed by atoms with van der Waals surface area (Å²) >= 11 is -0.291. The van der Waals surface area contributed by atoms with E-state index in [0.29, 0.717) is 0 Å². The van der Waals surface area contributed by atoms with Crippen LogP contribution in [0, 0.1) is 0 Å². The number of thiophene rings is 1. The second-order valence-electron chi connectivity index (χ2n) is 5.39. The third-order valence-electron chi connectivity index (χ3n) is 3.90. The Kier molecular flexibility index (Phi) is 5.55. The molecule has 0 radical (unpaired) electrons. The fourth-order valence-corrected chi connectivity index (χ4v) is 15.0. The van der Waals surface area contributed by atoms with E-state index in [1.807, 2.05) is 11.3 Å². The maximum absolute atomic E-state index is 2.68. The Morgan fingerprint density at radius 2 is 1.39 bits per heavy atom. The molecular weight excluding hydrogens is 343 g/mol. The molecule has 0 fully saturated rings. The van der Waals surface area contributed by atoms with Crippen LogP contribution in [0.5, 0.6) is 0 Å². The Morgan fingerprint density at radius 3 is 1.83 bits per heavy atom. The molecule has 0 bridgehead atoms. The quantitative estimate of drug-likeness (QED) is 0.548. The Hall–Kier alpha value is -0.0213. The van der Waals surface area contributed by atoms with E-state index in [9.17, 15) is 0 Å². The minimum atomic E-state index is -2.11. The van der Waals surface area contributed by atoms with Gasteiger partial charge in [0.2, 0.25) is 0 Å². The summed E-state index contributed by atoms with van der Waals surface area (Å²) in [5.74, 6) is 0. The van der Waals surface area contributed by atoms with Crippen LogP contribution in [0.3, 0.4) is 0 Å². The Labute approximate surface area is 120 Å². The van der Waals surface area contributed by atoms with Crippen LogP contribution in [0.4, 0.5) is 0 Å². The van der Waals surface area contributed by atoms with Crippen molar-refractivity contribution in [2.24, 2.45) is 0 Å². The van der Waals surface area contributed by atoms with Crippen molar-refractivity contribution >= 4 is 41.9 Å². The second kappa shape index (κ2) is 6.95. The summed E-state index contributed by atoms with van der Waals surface area (Å²) in [7, 11) is 0. The van der Waals surface area contributed by atoms with Crippen molar-refractivity contribution in [1.29, 1.82) is 0 Å². The minimum absolute atomic E-state index is 1.34. The number of hydrogen-bond donors (Lipinski definition) is 0. The molecule has 0 amide bonds. The average molecular weight is 367 g/mol. The summed E-state index contributed by atoms with van der Waals surface area (Å²) in [5.41, 5.74) is 2.89. The van der Waals surface area contributed by atoms with Gasteiger partial charge in [-0.1, -0.05) is 0 Å². The van der Waals surface area contributed by atoms with E-state index in [-0.39, 0.29) is 0 Å². The van der Waals surface area contributed by atoms with Gasteiger partial charge in [-0.05, 0) is 0 Å². The summed E-state index contributed by atoms with van der Waals surface area (Å²) < 4.78 is 8.36. The molecule has 1 aromatic rings. The fraction of sp³-hybridized carbons (Fsp3) is 0.500. The van der Waals surface area contributed by atoms with Crippen LogP contribution >= 0.6 is 11.3 Å². The molecule has 0 spiro atoms. The molecule has 0 saturated carbocycles. The predicted octanol–water partition coefficient (Wildman–Crippen LogP) is 5.92. The SMILES string of the molecule is CCC[CH2][Sn]1([CH2]CCC)[CH]=Cc2cscc2C=[CH]1. The standard InChI is InChI=1S/C8H6S.2C4H9.Sn/c1-3-7-5-9-6-8(7)4-2;2*1-3-4-2;/h1-6H;2*1,3-4H2,2H3;. The van der Waals surface area contributed by atoms with Gasteiger partial charge in [0, 0.05) is 0 Å². The summed E-state index contributed by atoms with van der Waals surface area (Å²) in [5, 5.41) is 4.58. The van der Waals surface area contributed by atoms with Crippen LogP contribution in [0.1, 0.15) is 50.7 Å². The van der Waals surface area contributed by atoms with Gasteiger partial charge >= 0.3 is 120 Å². The first-order valence-corrected chi connectivity index (χ1v) is 15.5. The van der Waals surface area contributed by atoms with Crippen molar-refractivity contribution in [3.63, 3.8) is 0 Å². The third-order valence-corrected chi connectivity index (χ3v) is 16.8. The molecule has 1 aliphatic heterocycles. The molecule has 0 nitrogen and oxygen atoms in total. The molecular formula is C16H24SSn. The van der Waals surface area contributed by atoms with Crippen LogP contribution < -0.4 is 0 Å². The number of fused-ring (bicyclic) bond motifs is 1. The summed E-state index contributed by atoms with van der Waals surface area (Å²) in [6.07, 6.45) is 10.4. The molecule has 18 heavy (non-hydrogen) atoms. The van der Waals surface area contributed by atoms with Gasteiger partial charge < -0.3 is 0 Å². The van der Waals surface area contributed by atoms with Gasteiger partial charge in [-0.2, -0.15) is 0 Å². The molecule has 1 aromatic heterocycles. The Balaban J connectivity index is 2.20. The van der Waals surface area contributed by atoms with Crippen molar-refractivity contribution < 1.29 is 0 Å². The van der Waals surface area contributed by atoms with Crippen LogP contribution in [0.25, 0.3) is 12.2 Å². The van der Waals surface area contributed by atoms with E-state index in [1.54, 1.807) is 0 Å². The van der Waals surface area contributed by atoms with Crippen LogP contribution in [-0.4, -0.2) is 18.4 Å². The predicted molar refractivity (Wildman–Crippen MR) is 87.6 cm³/mol. The second-order valence-corrected chi connectivity index (χ2v) is 17.9. The zero-order valence-corrected chi connectivity index (χ0v) is 15.3. The van der Waals surface area contributed by atoms with Gasteiger partial charge in [0.15, 0.2) is 0 Å². The molecule has 0 saturated heterocycles.